The summed E-state index contributed by atoms with van der Waals surface area (Å²) in [5, 5.41) is 3.83. The maximum Gasteiger partial charge on any atom is 0.235 e. The maximum absolute atomic E-state index is 13.1. The number of nitrogens with one attached hydrogen (secondary N) is 1. The lowest BCUT2D eigenvalue weighted by molar-refractivity contribution is -0.126. The maximum atomic E-state index is 13.1. The van der Waals surface area contributed by atoms with Crippen molar-refractivity contribution >= 4 is 34.9 Å². The summed E-state index contributed by atoms with van der Waals surface area (Å²) in [7, 11) is 0. The van der Waals surface area contributed by atoms with Gasteiger partial charge in [-0.25, -0.2) is 0 Å². The van der Waals surface area contributed by atoms with Gasteiger partial charge in [0.2, 0.25) is 5.91 Å². The van der Waals surface area contributed by atoms with Gasteiger partial charge in [-0.05, 0) is 61.8 Å². The Morgan fingerprint density at radius 2 is 1.78 bits per heavy atom. The second-order valence-corrected chi connectivity index (χ2v) is 7.66. The first-order chi connectivity index (χ1) is 10.9. The molecule has 1 aliphatic heterocycles. The standard InChI is InChI=1S/C18H21Cl2NO2/c1-3-11-4-6-18(7-5-11)16(22)15(17(23)21-18)12-9-14(20)13(19)8-10(12)2/h8-9,11,15H,3-7H2,1-2H3,(H,21,23). The molecule has 1 unspecified atom stereocenters. The number of ketones is 1. The summed E-state index contributed by atoms with van der Waals surface area (Å²) in [6.07, 6.45) is 4.61. The van der Waals surface area contributed by atoms with E-state index < -0.39 is 11.5 Å². The molecule has 124 valence electrons. The van der Waals surface area contributed by atoms with Crippen LogP contribution < -0.4 is 5.32 Å². The first-order valence-electron chi connectivity index (χ1n) is 8.20. The van der Waals surface area contributed by atoms with Crippen LogP contribution in [0.25, 0.3) is 0 Å². The number of halogens is 2. The smallest absolute Gasteiger partial charge is 0.235 e. The molecule has 0 bridgehead atoms. The number of benzene rings is 1. The molecule has 2 fully saturated rings. The minimum atomic E-state index is -0.761. The Balaban J connectivity index is 1.92. The number of aryl methyl sites for hydroxylation is 1. The first-order valence-corrected chi connectivity index (χ1v) is 8.95. The Bertz CT molecular complexity index is 663. The number of carbonyl (C=O) groups is 2. The number of rotatable bonds is 2. The zero-order valence-corrected chi connectivity index (χ0v) is 14.9. The van der Waals surface area contributed by atoms with Gasteiger partial charge in [0.05, 0.1) is 15.6 Å². The zero-order valence-electron chi connectivity index (χ0n) is 13.4. The fourth-order valence-corrected chi connectivity index (χ4v) is 4.36. The van der Waals surface area contributed by atoms with Gasteiger partial charge in [-0.2, -0.15) is 0 Å². The van der Waals surface area contributed by atoms with Crippen LogP contribution in [0.3, 0.4) is 0 Å². The topological polar surface area (TPSA) is 46.2 Å². The molecule has 5 heteroatoms. The molecule has 0 aromatic heterocycles. The molecule has 1 atom stereocenters. The summed E-state index contributed by atoms with van der Waals surface area (Å²) in [4.78, 5) is 25.6. The summed E-state index contributed by atoms with van der Waals surface area (Å²) in [6.45, 7) is 4.04. The average molecular weight is 354 g/mol. The van der Waals surface area contributed by atoms with Gasteiger partial charge in [-0.1, -0.05) is 36.5 Å². The molecule has 1 aromatic carbocycles. The van der Waals surface area contributed by atoms with Gasteiger partial charge in [0.1, 0.15) is 5.92 Å². The SMILES string of the molecule is CCC1CCC2(CC1)NC(=O)C(c1cc(Cl)c(Cl)cc1C)C2=O. The van der Waals surface area contributed by atoms with E-state index in [1.807, 2.05) is 6.92 Å². The molecular formula is C18H21Cl2NO2. The first kappa shape index (κ1) is 16.8. The van der Waals surface area contributed by atoms with Crippen LogP contribution in [0.15, 0.2) is 12.1 Å². The van der Waals surface area contributed by atoms with Crippen LogP contribution in [0.4, 0.5) is 0 Å². The average Bonchev–Trinajstić information content (AvgIpc) is 2.75. The molecule has 3 nitrogen and oxygen atoms in total. The Hall–Kier alpha value is -1.06. The molecule has 0 radical (unpaired) electrons. The molecule has 1 saturated heterocycles. The summed E-state index contributed by atoms with van der Waals surface area (Å²) in [5.74, 6) is -0.302. The number of Topliss-reactive ketones (excluding diaryl/α,β-unsaturated/α-hetero) is 1. The minimum absolute atomic E-state index is 0.00135. The second kappa shape index (κ2) is 6.10. The van der Waals surface area contributed by atoms with Crippen molar-refractivity contribution in [3.63, 3.8) is 0 Å². The minimum Gasteiger partial charge on any atom is -0.343 e. The number of amides is 1. The molecule has 1 saturated carbocycles. The van der Waals surface area contributed by atoms with Crippen LogP contribution in [-0.2, 0) is 9.59 Å². The van der Waals surface area contributed by atoms with Crippen molar-refractivity contribution in [1.82, 2.24) is 5.32 Å². The highest BCUT2D eigenvalue weighted by atomic mass is 35.5. The third kappa shape index (κ3) is 2.78. The molecule has 1 spiro atoms. The quantitative estimate of drug-likeness (QED) is 0.799. The van der Waals surface area contributed by atoms with Crippen molar-refractivity contribution in [2.75, 3.05) is 0 Å². The van der Waals surface area contributed by atoms with Gasteiger partial charge < -0.3 is 5.32 Å². The van der Waals surface area contributed by atoms with E-state index in [0.29, 0.717) is 21.5 Å². The van der Waals surface area contributed by atoms with E-state index in [2.05, 4.69) is 12.2 Å². The van der Waals surface area contributed by atoms with Crippen molar-refractivity contribution in [2.45, 2.75) is 57.4 Å². The van der Waals surface area contributed by atoms with Crippen LogP contribution in [0.5, 0.6) is 0 Å². The van der Waals surface area contributed by atoms with Gasteiger partial charge in [-0.15, -0.1) is 0 Å². The lowest BCUT2D eigenvalue weighted by atomic mass is 9.72. The molecule has 2 aliphatic rings. The highest BCUT2D eigenvalue weighted by molar-refractivity contribution is 6.42. The van der Waals surface area contributed by atoms with Gasteiger partial charge in [-0.3, -0.25) is 9.59 Å². The predicted molar refractivity (Wildman–Crippen MR) is 92.1 cm³/mol. The van der Waals surface area contributed by atoms with Crippen molar-refractivity contribution in [2.24, 2.45) is 5.92 Å². The van der Waals surface area contributed by atoms with E-state index in [1.165, 1.54) is 0 Å². The monoisotopic (exact) mass is 353 g/mol. The molecule has 1 aromatic rings. The Morgan fingerprint density at radius 3 is 2.39 bits per heavy atom. The Kier molecular flexibility index (Phi) is 4.45. The van der Waals surface area contributed by atoms with Crippen LogP contribution in [0.2, 0.25) is 10.0 Å². The summed E-state index contributed by atoms with van der Waals surface area (Å²) < 4.78 is 0. The Labute approximate surface area is 146 Å². The summed E-state index contributed by atoms with van der Waals surface area (Å²) in [6, 6.07) is 3.39. The predicted octanol–water partition coefficient (Wildman–Crippen LogP) is 4.42. The van der Waals surface area contributed by atoms with Crippen molar-refractivity contribution < 1.29 is 9.59 Å². The van der Waals surface area contributed by atoms with Gasteiger partial charge >= 0.3 is 0 Å². The molecule has 3 rings (SSSR count). The molecule has 1 amide bonds. The number of carbonyl (C=O) groups excluding carboxylic acids is 2. The van der Waals surface area contributed by atoms with Crippen LogP contribution in [-0.4, -0.2) is 17.2 Å². The molecule has 1 heterocycles. The van der Waals surface area contributed by atoms with Gasteiger partial charge in [0.15, 0.2) is 5.78 Å². The summed E-state index contributed by atoms with van der Waals surface area (Å²) >= 11 is 12.1. The fraction of sp³-hybridized carbons (Fsp3) is 0.556. The van der Waals surface area contributed by atoms with Crippen LogP contribution >= 0.6 is 23.2 Å². The number of hydrogen-bond donors (Lipinski definition) is 1. The zero-order chi connectivity index (χ0) is 16.8. The molecule has 23 heavy (non-hydrogen) atoms. The summed E-state index contributed by atoms with van der Waals surface area (Å²) in [5.41, 5.74) is 0.829. The van der Waals surface area contributed by atoms with Gasteiger partial charge in [0, 0.05) is 0 Å². The van der Waals surface area contributed by atoms with E-state index in [0.717, 1.165) is 37.7 Å². The van der Waals surface area contributed by atoms with Crippen molar-refractivity contribution in [3.8, 4) is 0 Å². The van der Waals surface area contributed by atoms with Crippen LogP contribution in [0, 0.1) is 12.8 Å². The van der Waals surface area contributed by atoms with Crippen LogP contribution in [0.1, 0.15) is 56.1 Å². The van der Waals surface area contributed by atoms with Crippen molar-refractivity contribution in [3.05, 3.63) is 33.3 Å². The lowest BCUT2D eigenvalue weighted by Crippen LogP contribution is -2.49. The molecular weight excluding hydrogens is 333 g/mol. The molecule has 1 N–H and O–H groups in total. The largest absolute Gasteiger partial charge is 0.343 e. The fourth-order valence-electron chi connectivity index (χ4n) is 3.97. The third-order valence-electron chi connectivity index (χ3n) is 5.51. The lowest BCUT2D eigenvalue weighted by Gasteiger charge is -2.35. The highest BCUT2D eigenvalue weighted by Crippen LogP contribution is 2.43. The Morgan fingerprint density at radius 1 is 1.17 bits per heavy atom. The van der Waals surface area contributed by atoms with E-state index in [4.69, 9.17) is 23.2 Å². The highest BCUT2D eigenvalue weighted by Gasteiger charge is 2.54. The second-order valence-electron chi connectivity index (χ2n) is 6.84. The van der Waals surface area contributed by atoms with E-state index in [1.54, 1.807) is 12.1 Å². The third-order valence-corrected chi connectivity index (χ3v) is 6.24. The number of hydrogen-bond acceptors (Lipinski definition) is 2. The van der Waals surface area contributed by atoms with E-state index >= 15 is 0 Å². The molecule has 1 aliphatic carbocycles. The normalized spacial score (nSPS) is 30.8. The van der Waals surface area contributed by atoms with E-state index in [9.17, 15) is 9.59 Å². The van der Waals surface area contributed by atoms with Gasteiger partial charge in [0.25, 0.3) is 0 Å². The van der Waals surface area contributed by atoms with E-state index in [-0.39, 0.29) is 11.7 Å². The van der Waals surface area contributed by atoms with Crippen molar-refractivity contribution in [1.29, 1.82) is 0 Å².